The lowest BCUT2D eigenvalue weighted by Gasteiger charge is -2.21. The van der Waals surface area contributed by atoms with Crippen molar-refractivity contribution < 1.29 is 4.74 Å². The number of amidine groups is 1. The van der Waals surface area contributed by atoms with Crippen LogP contribution in [0, 0.1) is 0 Å². The predicted octanol–water partition coefficient (Wildman–Crippen LogP) is 1.23. The van der Waals surface area contributed by atoms with E-state index in [1.54, 1.807) is 6.20 Å². The molecule has 2 aliphatic heterocycles. The Bertz CT molecular complexity index is 546. The molecule has 0 aromatic carbocycles. The molecule has 106 valence electrons. The Hall–Kier alpha value is -1.69. The SMILES string of the molecule is CN1CC(CCC2=NCCN2)Oc2ncccc2C1=S. The lowest BCUT2D eigenvalue weighted by Crippen LogP contribution is -2.34. The van der Waals surface area contributed by atoms with E-state index in [9.17, 15) is 0 Å². The standard InChI is InChI=1S/C14H18N4OS/c1-18-9-10(4-5-12-15-7-8-16-12)19-13-11(14(18)20)3-2-6-17-13/h2-3,6,10H,4-5,7-9H2,1H3,(H,15,16). The summed E-state index contributed by atoms with van der Waals surface area (Å²) < 4.78 is 6.03. The van der Waals surface area contributed by atoms with Gasteiger partial charge in [-0.1, -0.05) is 12.2 Å². The maximum Gasteiger partial charge on any atom is 0.224 e. The normalized spacial score (nSPS) is 21.6. The van der Waals surface area contributed by atoms with Gasteiger partial charge in [0.25, 0.3) is 0 Å². The van der Waals surface area contributed by atoms with Crippen molar-refractivity contribution >= 4 is 23.0 Å². The Labute approximate surface area is 124 Å². The summed E-state index contributed by atoms with van der Waals surface area (Å²) in [5, 5.41) is 3.29. The predicted molar refractivity (Wildman–Crippen MR) is 82.5 cm³/mol. The van der Waals surface area contributed by atoms with Gasteiger partial charge in [0.2, 0.25) is 5.88 Å². The summed E-state index contributed by atoms with van der Waals surface area (Å²) in [4.78, 5) is 11.6. The third-order valence-corrected chi connectivity index (χ3v) is 4.08. The number of aliphatic imine (C=N–C) groups is 1. The van der Waals surface area contributed by atoms with Crippen molar-refractivity contribution in [2.75, 3.05) is 26.7 Å². The molecule has 2 aliphatic rings. The van der Waals surface area contributed by atoms with Crippen molar-refractivity contribution in [3.63, 3.8) is 0 Å². The van der Waals surface area contributed by atoms with Gasteiger partial charge in [0.15, 0.2) is 0 Å². The van der Waals surface area contributed by atoms with E-state index in [0.29, 0.717) is 5.88 Å². The minimum Gasteiger partial charge on any atom is -0.472 e. The maximum absolute atomic E-state index is 6.03. The summed E-state index contributed by atoms with van der Waals surface area (Å²) in [5.41, 5.74) is 0.906. The number of aromatic nitrogens is 1. The van der Waals surface area contributed by atoms with Crippen LogP contribution < -0.4 is 10.1 Å². The molecule has 3 rings (SSSR count). The fraction of sp³-hybridized carbons (Fsp3) is 0.500. The van der Waals surface area contributed by atoms with Crippen LogP contribution in [0.5, 0.6) is 5.88 Å². The molecule has 1 N–H and O–H groups in total. The van der Waals surface area contributed by atoms with Crippen molar-refractivity contribution in [3.05, 3.63) is 23.9 Å². The van der Waals surface area contributed by atoms with Crippen LogP contribution in [0.4, 0.5) is 0 Å². The number of thiocarbonyl (C=S) groups is 1. The van der Waals surface area contributed by atoms with Crippen molar-refractivity contribution in [2.24, 2.45) is 4.99 Å². The number of hydrogen-bond acceptors (Lipinski definition) is 5. The number of pyridine rings is 1. The molecule has 1 unspecified atom stereocenters. The maximum atomic E-state index is 6.03. The number of hydrogen-bond donors (Lipinski definition) is 1. The Balaban J connectivity index is 1.72. The second-order valence-corrected chi connectivity index (χ2v) is 5.46. The summed E-state index contributed by atoms with van der Waals surface area (Å²) in [5.74, 6) is 1.73. The molecule has 20 heavy (non-hydrogen) atoms. The molecule has 0 saturated carbocycles. The van der Waals surface area contributed by atoms with Gasteiger partial charge in [-0.05, 0) is 18.6 Å². The van der Waals surface area contributed by atoms with Crippen molar-refractivity contribution in [1.29, 1.82) is 0 Å². The van der Waals surface area contributed by atoms with E-state index in [2.05, 4.69) is 20.2 Å². The van der Waals surface area contributed by atoms with Gasteiger partial charge in [-0.3, -0.25) is 4.99 Å². The number of fused-ring (bicyclic) bond motifs is 1. The van der Waals surface area contributed by atoms with Crippen LogP contribution in [0.1, 0.15) is 18.4 Å². The van der Waals surface area contributed by atoms with E-state index < -0.39 is 0 Å². The highest BCUT2D eigenvalue weighted by molar-refractivity contribution is 7.80. The fourth-order valence-corrected chi connectivity index (χ4v) is 2.73. The second-order valence-electron chi connectivity index (χ2n) is 5.08. The molecule has 0 saturated heterocycles. The van der Waals surface area contributed by atoms with Crippen molar-refractivity contribution in [2.45, 2.75) is 18.9 Å². The molecule has 1 atom stereocenters. The van der Waals surface area contributed by atoms with Crippen molar-refractivity contribution in [3.8, 4) is 5.88 Å². The summed E-state index contributed by atoms with van der Waals surface area (Å²) in [6.07, 6.45) is 3.65. The topological polar surface area (TPSA) is 49.8 Å². The van der Waals surface area contributed by atoms with E-state index in [1.807, 2.05) is 19.2 Å². The van der Waals surface area contributed by atoms with E-state index in [0.717, 1.165) is 48.9 Å². The summed E-state index contributed by atoms with van der Waals surface area (Å²) >= 11 is 5.48. The number of likely N-dealkylation sites (N-methyl/N-ethyl adjacent to an activating group) is 1. The first kappa shape index (κ1) is 13.3. The van der Waals surface area contributed by atoms with Gasteiger partial charge in [0, 0.05) is 26.2 Å². The van der Waals surface area contributed by atoms with Gasteiger partial charge < -0.3 is 15.0 Å². The molecule has 5 nitrogen and oxygen atoms in total. The minimum absolute atomic E-state index is 0.0826. The second kappa shape index (κ2) is 5.75. The first-order valence-electron chi connectivity index (χ1n) is 6.88. The Morgan fingerprint density at radius 2 is 2.45 bits per heavy atom. The first-order chi connectivity index (χ1) is 9.74. The number of nitrogens with zero attached hydrogens (tertiary/aromatic N) is 3. The van der Waals surface area contributed by atoms with Crippen LogP contribution in [0.2, 0.25) is 0 Å². The van der Waals surface area contributed by atoms with Crippen LogP contribution in [0.25, 0.3) is 0 Å². The zero-order valence-electron chi connectivity index (χ0n) is 11.5. The molecule has 0 spiro atoms. The Morgan fingerprint density at radius 1 is 1.55 bits per heavy atom. The van der Waals surface area contributed by atoms with Crippen LogP contribution in [-0.2, 0) is 0 Å². The summed E-state index contributed by atoms with van der Waals surface area (Å²) in [6.45, 7) is 2.62. The average molecular weight is 290 g/mol. The first-order valence-corrected chi connectivity index (χ1v) is 7.29. The minimum atomic E-state index is 0.0826. The molecule has 0 bridgehead atoms. The number of ether oxygens (including phenoxy) is 1. The zero-order valence-corrected chi connectivity index (χ0v) is 12.3. The molecule has 1 aromatic heterocycles. The smallest absolute Gasteiger partial charge is 0.224 e. The molecule has 0 amide bonds. The third-order valence-electron chi connectivity index (χ3n) is 3.55. The highest BCUT2D eigenvalue weighted by Gasteiger charge is 2.25. The van der Waals surface area contributed by atoms with Crippen LogP contribution in [0.3, 0.4) is 0 Å². The Morgan fingerprint density at radius 3 is 3.25 bits per heavy atom. The molecule has 0 radical (unpaired) electrons. The van der Waals surface area contributed by atoms with E-state index in [1.165, 1.54) is 0 Å². The van der Waals surface area contributed by atoms with Gasteiger partial charge >= 0.3 is 0 Å². The summed E-state index contributed by atoms with van der Waals surface area (Å²) in [7, 11) is 2.01. The molecule has 6 heteroatoms. The molecule has 3 heterocycles. The monoisotopic (exact) mass is 290 g/mol. The van der Waals surface area contributed by atoms with Gasteiger partial charge in [0.1, 0.15) is 11.1 Å². The fourth-order valence-electron chi connectivity index (χ4n) is 2.50. The highest BCUT2D eigenvalue weighted by Crippen LogP contribution is 2.23. The van der Waals surface area contributed by atoms with Gasteiger partial charge in [-0.2, -0.15) is 0 Å². The van der Waals surface area contributed by atoms with Crippen LogP contribution in [0.15, 0.2) is 23.3 Å². The van der Waals surface area contributed by atoms with Gasteiger partial charge in [0.05, 0.1) is 24.5 Å². The Kier molecular flexibility index (Phi) is 3.82. The van der Waals surface area contributed by atoms with Gasteiger partial charge in [-0.15, -0.1) is 0 Å². The lowest BCUT2D eigenvalue weighted by atomic mass is 10.2. The number of rotatable bonds is 3. The molecule has 1 aromatic rings. The van der Waals surface area contributed by atoms with E-state index in [4.69, 9.17) is 17.0 Å². The quantitative estimate of drug-likeness (QED) is 0.849. The van der Waals surface area contributed by atoms with Gasteiger partial charge in [-0.25, -0.2) is 4.98 Å². The third kappa shape index (κ3) is 2.75. The van der Waals surface area contributed by atoms with E-state index >= 15 is 0 Å². The van der Waals surface area contributed by atoms with Crippen molar-refractivity contribution in [1.82, 2.24) is 15.2 Å². The van der Waals surface area contributed by atoms with Crippen LogP contribution >= 0.6 is 12.2 Å². The number of nitrogens with one attached hydrogen (secondary N) is 1. The molecule has 0 aliphatic carbocycles. The van der Waals surface area contributed by atoms with E-state index in [-0.39, 0.29) is 6.10 Å². The zero-order chi connectivity index (χ0) is 13.9. The highest BCUT2D eigenvalue weighted by atomic mass is 32.1. The molecular weight excluding hydrogens is 272 g/mol. The molecule has 0 fully saturated rings. The summed E-state index contributed by atoms with van der Waals surface area (Å²) in [6, 6.07) is 3.85. The largest absolute Gasteiger partial charge is 0.472 e. The average Bonchev–Trinajstić information content (AvgIpc) is 2.94. The molecular formula is C14H18N4OS. The lowest BCUT2D eigenvalue weighted by molar-refractivity contribution is 0.168. The van der Waals surface area contributed by atoms with Crippen LogP contribution in [-0.4, -0.2) is 53.5 Å².